The Balaban J connectivity index is 1.44. The molecule has 6 rings (SSSR count). The van der Waals surface area contributed by atoms with Gasteiger partial charge in [0, 0.05) is 23.7 Å². The van der Waals surface area contributed by atoms with Crippen molar-refractivity contribution in [1.82, 2.24) is 34.3 Å². The summed E-state index contributed by atoms with van der Waals surface area (Å²) < 4.78 is 3.52. The van der Waals surface area contributed by atoms with E-state index in [9.17, 15) is 9.90 Å². The first-order chi connectivity index (χ1) is 17.0. The number of aromatic hydroxyl groups is 1. The molecule has 5 aromatic rings. The summed E-state index contributed by atoms with van der Waals surface area (Å²) in [5, 5.41) is 23.0. The molecule has 0 saturated heterocycles. The van der Waals surface area contributed by atoms with Crippen molar-refractivity contribution < 1.29 is 5.11 Å². The van der Waals surface area contributed by atoms with Crippen molar-refractivity contribution in [2.24, 2.45) is 4.99 Å². The number of nitrogens with one attached hydrogen (secondary N) is 3. The number of fused-ring (bicyclic) bond motifs is 1. The summed E-state index contributed by atoms with van der Waals surface area (Å²) in [6.45, 7) is 2.07. The summed E-state index contributed by atoms with van der Waals surface area (Å²) in [7, 11) is 0. The average molecular weight is 470 g/mol. The lowest BCUT2D eigenvalue weighted by molar-refractivity contribution is 0.454. The third kappa shape index (κ3) is 4.07. The number of H-pyrrole nitrogens is 2. The molecule has 4 heterocycles. The molecule has 35 heavy (non-hydrogen) atoms. The summed E-state index contributed by atoms with van der Waals surface area (Å²) in [6.07, 6.45) is 9.04. The smallest absolute Gasteiger partial charge is 0.326 e. The maximum absolute atomic E-state index is 11.5. The first kappa shape index (κ1) is 20.9. The largest absolute Gasteiger partial charge is 0.493 e. The molecule has 1 aliphatic carbocycles. The fraction of sp³-hybridized carbons (Fsp3) is 0.208. The highest BCUT2D eigenvalue weighted by Crippen LogP contribution is 2.25. The van der Waals surface area contributed by atoms with Gasteiger partial charge in [0.15, 0.2) is 11.1 Å². The molecule has 1 unspecified atom stereocenters. The van der Waals surface area contributed by atoms with Crippen LogP contribution in [0.1, 0.15) is 37.1 Å². The zero-order valence-corrected chi connectivity index (χ0v) is 18.9. The predicted molar refractivity (Wildman–Crippen MR) is 129 cm³/mol. The summed E-state index contributed by atoms with van der Waals surface area (Å²) >= 11 is 0. The number of aromatic nitrogens is 7. The molecule has 11 heteroatoms. The number of hydrogen-bond acceptors (Lipinski definition) is 7. The van der Waals surface area contributed by atoms with Crippen molar-refractivity contribution in [2.75, 3.05) is 5.32 Å². The maximum atomic E-state index is 11.5. The molecule has 1 aliphatic rings. The van der Waals surface area contributed by atoms with Gasteiger partial charge in [-0.25, -0.2) is 14.5 Å². The average Bonchev–Trinajstić information content (AvgIpc) is 3.20. The molecule has 1 aromatic carbocycles. The SMILES string of the molecule is CC(Nc1cc(=NC2CC2)n2nc/c(=C/c3[nH]c(=O)[nH]c3O)c2n1)c1ccccc1-n1cccn1. The second-order valence-electron chi connectivity index (χ2n) is 8.56. The minimum absolute atomic E-state index is 0.0838. The molecule has 4 aromatic heterocycles. The van der Waals surface area contributed by atoms with Gasteiger partial charge in [-0.15, -0.1) is 0 Å². The lowest BCUT2D eigenvalue weighted by Gasteiger charge is -2.18. The third-order valence-corrected chi connectivity index (χ3v) is 5.90. The van der Waals surface area contributed by atoms with E-state index in [-0.39, 0.29) is 23.7 Å². The number of anilines is 1. The predicted octanol–water partition coefficient (Wildman–Crippen LogP) is 1.42. The number of para-hydroxylation sites is 1. The molecule has 0 bridgehead atoms. The molecule has 1 atom stereocenters. The van der Waals surface area contributed by atoms with Crippen LogP contribution < -0.4 is 21.7 Å². The van der Waals surface area contributed by atoms with Crippen LogP contribution in [0.25, 0.3) is 17.4 Å². The summed E-state index contributed by atoms with van der Waals surface area (Å²) in [5.74, 6) is 0.400. The Morgan fingerprint density at radius 1 is 1.23 bits per heavy atom. The van der Waals surface area contributed by atoms with E-state index >= 15 is 0 Å². The fourth-order valence-corrected chi connectivity index (χ4v) is 4.04. The van der Waals surface area contributed by atoms with E-state index in [4.69, 9.17) is 9.98 Å². The van der Waals surface area contributed by atoms with Crippen molar-refractivity contribution in [1.29, 1.82) is 0 Å². The van der Waals surface area contributed by atoms with Crippen LogP contribution in [0.2, 0.25) is 0 Å². The minimum atomic E-state index is -0.491. The van der Waals surface area contributed by atoms with E-state index in [2.05, 4.69) is 38.5 Å². The van der Waals surface area contributed by atoms with Gasteiger partial charge in [-0.2, -0.15) is 14.7 Å². The Bertz CT molecular complexity index is 1690. The maximum Gasteiger partial charge on any atom is 0.326 e. The van der Waals surface area contributed by atoms with E-state index in [0.29, 0.717) is 22.2 Å². The first-order valence-electron chi connectivity index (χ1n) is 11.4. The van der Waals surface area contributed by atoms with Crippen LogP contribution in [0.5, 0.6) is 5.88 Å². The molecule has 1 fully saturated rings. The van der Waals surface area contributed by atoms with Gasteiger partial charge in [0.25, 0.3) is 0 Å². The van der Waals surface area contributed by atoms with Gasteiger partial charge in [-0.3, -0.25) is 9.98 Å². The van der Waals surface area contributed by atoms with Crippen LogP contribution in [0.3, 0.4) is 0 Å². The Hall–Kier alpha value is -4.67. The van der Waals surface area contributed by atoms with Crippen LogP contribution in [-0.2, 0) is 0 Å². The summed E-state index contributed by atoms with van der Waals surface area (Å²) in [5.41, 5.74) is 3.06. The van der Waals surface area contributed by atoms with Crippen molar-refractivity contribution in [2.45, 2.75) is 31.8 Å². The van der Waals surface area contributed by atoms with E-state index in [1.807, 2.05) is 41.2 Å². The Morgan fingerprint density at radius 3 is 2.83 bits per heavy atom. The quantitative estimate of drug-likeness (QED) is 0.296. The van der Waals surface area contributed by atoms with E-state index in [0.717, 1.165) is 24.1 Å². The number of benzene rings is 1. The van der Waals surface area contributed by atoms with Crippen LogP contribution >= 0.6 is 0 Å². The molecule has 0 aliphatic heterocycles. The second kappa shape index (κ2) is 8.28. The number of rotatable bonds is 6. The molecule has 0 amide bonds. The monoisotopic (exact) mass is 469 g/mol. The van der Waals surface area contributed by atoms with E-state index < -0.39 is 5.69 Å². The van der Waals surface area contributed by atoms with Crippen molar-refractivity contribution in [3.8, 4) is 11.6 Å². The standard InChI is InChI=1S/C24H23N9O2/c1-14(17-5-2-3-6-19(17)32-10-4-9-25-32)27-20-12-21(28-16-7-8-16)33-22(30-20)15(13-26-33)11-18-23(34)31-24(35)29-18/h2-6,9-14,16,27,34H,7-8H2,1H3,(H2,29,31,35)/b15-11-,28-21?. The van der Waals surface area contributed by atoms with Crippen molar-refractivity contribution >= 4 is 17.5 Å². The van der Waals surface area contributed by atoms with Crippen LogP contribution in [0.15, 0.2) is 64.8 Å². The Kier molecular flexibility index (Phi) is 4.94. The van der Waals surface area contributed by atoms with Crippen molar-refractivity contribution in [3.63, 3.8) is 0 Å². The molecule has 1 saturated carbocycles. The van der Waals surface area contributed by atoms with Gasteiger partial charge in [0.2, 0.25) is 5.88 Å². The zero-order valence-electron chi connectivity index (χ0n) is 18.9. The minimum Gasteiger partial charge on any atom is -0.493 e. The summed E-state index contributed by atoms with van der Waals surface area (Å²) in [4.78, 5) is 26.1. The van der Waals surface area contributed by atoms with Gasteiger partial charge >= 0.3 is 5.69 Å². The van der Waals surface area contributed by atoms with Gasteiger partial charge in [-0.05, 0) is 43.5 Å². The lowest BCUT2D eigenvalue weighted by Crippen LogP contribution is -2.21. The van der Waals surface area contributed by atoms with Gasteiger partial charge in [-0.1, -0.05) is 18.2 Å². The fourth-order valence-electron chi connectivity index (χ4n) is 4.04. The highest BCUT2D eigenvalue weighted by molar-refractivity contribution is 5.58. The topological polar surface area (TPSA) is 141 Å². The van der Waals surface area contributed by atoms with E-state index in [1.54, 1.807) is 23.0 Å². The van der Waals surface area contributed by atoms with Crippen LogP contribution in [0, 0.1) is 0 Å². The summed E-state index contributed by atoms with van der Waals surface area (Å²) in [6, 6.07) is 12.1. The molecule has 176 valence electrons. The Morgan fingerprint density at radius 2 is 2.09 bits per heavy atom. The molecular formula is C24H23N9O2. The highest BCUT2D eigenvalue weighted by Gasteiger charge is 2.21. The number of imidazole rings is 1. The molecule has 0 spiro atoms. The highest BCUT2D eigenvalue weighted by atomic mass is 16.3. The van der Waals surface area contributed by atoms with Gasteiger partial charge < -0.3 is 15.4 Å². The molecule has 0 radical (unpaired) electrons. The van der Waals surface area contributed by atoms with Gasteiger partial charge in [0.1, 0.15) is 11.5 Å². The molecule has 11 nitrogen and oxygen atoms in total. The van der Waals surface area contributed by atoms with Crippen LogP contribution in [0.4, 0.5) is 5.82 Å². The third-order valence-electron chi connectivity index (χ3n) is 5.90. The number of aromatic amines is 2. The van der Waals surface area contributed by atoms with Crippen molar-refractivity contribution in [3.05, 3.63) is 87.4 Å². The van der Waals surface area contributed by atoms with E-state index in [1.165, 1.54) is 0 Å². The first-order valence-corrected chi connectivity index (χ1v) is 11.4. The Labute approximate surface area is 198 Å². The zero-order chi connectivity index (χ0) is 23.9. The lowest BCUT2D eigenvalue weighted by atomic mass is 10.1. The van der Waals surface area contributed by atoms with Crippen LogP contribution in [-0.4, -0.2) is 45.5 Å². The molecule has 4 N–H and O–H groups in total. The second-order valence-corrected chi connectivity index (χ2v) is 8.56. The number of nitrogens with zero attached hydrogens (tertiary/aromatic N) is 6. The number of hydrogen-bond donors (Lipinski definition) is 4. The van der Waals surface area contributed by atoms with Gasteiger partial charge in [0.05, 0.1) is 24.0 Å². The molecular weight excluding hydrogens is 446 g/mol. The normalized spacial score (nSPS) is 15.7.